The fraction of sp³-hybridized carbons (Fsp3) is 0.412. The summed E-state index contributed by atoms with van der Waals surface area (Å²) in [5.74, 6) is -1.26. The standard InChI is InChI=1S/C17H21FN4O3/c18-12-3-1-2-4-13(12)22-11-14(23)15(20-22)16(24)21-9-6-17(25,5-8-19)7-10-21/h1-4,11,23,25H,5-10,19H2. The number of nitrogens with zero attached hydrogens (tertiary/aromatic N) is 3. The number of piperidine rings is 1. The van der Waals surface area contributed by atoms with E-state index < -0.39 is 17.3 Å². The Labute approximate surface area is 144 Å². The van der Waals surface area contributed by atoms with Crippen LogP contribution in [0.3, 0.4) is 0 Å². The fourth-order valence-corrected chi connectivity index (χ4v) is 3.07. The number of carbonyl (C=O) groups is 1. The maximum Gasteiger partial charge on any atom is 0.278 e. The monoisotopic (exact) mass is 348 g/mol. The molecule has 2 heterocycles. The van der Waals surface area contributed by atoms with E-state index in [0.29, 0.717) is 38.9 Å². The van der Waals surface area contributed by atoms with Crippen molar-refractivity contribution in [1.82, 2.24) is 14.7 Å². The van der Waals surface area contributed by atoms with Gasteiger partial charge in [-0.15, -0.1) is 0 Å². The lowest BCUT2D eigenvalue weighted by atomic mass is 9.88. The number of amides is 1. The molecule has 0 spiro atoms. The quantitative estimate of drug-likeness (QED) is 0.766. The summed E-state index contributed by atoms with van der Waals surface area (Å²) in [6.45, 7) is 1.08. The molecule has 0 radical (unpaired) electrons. The van der Waals surface area contributed by atoms with Gasteiger partial charge in [0, 0.05) is 13.1 Å². The molecule has 7 nitrogen and oxygen atoms in total. The van der Waals surface area contributed by atoms with E-state index in [-0.39, 0.29) is 17.1 Å². The predicted molar refractivity (Wildman–Crippen MR) is 88.9 cm³/mol. The number of carbonyl (C=O) groups excluding carboxylic acids is 1. The van der Waals surface area contributed by atoms with Crippen molar-refractivity contribution in [2.75, 3.05) is 19.6 Å². The Hall–Kier alpha value is -2.45. The smallest absolute Gasteiger partial charge is 0.278 e. The maximum atomic E-state index is 13.9. The topological polar surface area (TPSA) is 105 Å². The van der Waals surface area contributed by atoms with Gasteiger partial charge < -0.3 is 20.8 Å². The summed E-state index contributed by atoms with van der Waals surface area (Å²) in [4.78, 5) is 14.1. The van der Waals surface area contributed by atoms with Crippen molar-refractivity contribution in [3.63, 3.8) is 0 Å². The lowest BCUT2D eigenvalue weighted by Gasteiger charge is -2.37. The van der Waals surface area contributed by atoms with E-state index in [9.17, 15) is 19.4 Å². The molecule has 25 heavy (non-hydrogen) atoms. The largest absolute Gasteiger partial charge is 0.504 e. The highest BCUT2D eigenvalue weighted by Crippen LogP contribution is 2.27. The van der Waals surface area contributed by atoms with Gasteiger partial charge in [0.2, 0.25) is 0 Å². The summed E-state index contributed by atoms with van der Waals surface area (Å²) in [7, 11) is 0. The van der Waals surface area contributed by atoms with Gasteiger partial charge in [-0.05, 0) is 37.9 Å². The molecule has 0 aliphatic carbocycles. The molecule has 1 aromatic carbocycles. The molecular formula is C17H21FN4O3. The second-order valence-electron chi connectivity index (χ2n) is 6.31. The van der Waals surface area contributed by atoms with Crippen molar-refractivity contribution in [3.05, 3.63) is 42.0 Å². The highest BCUT2D eigenvalue weighted by molar-refractivity contribution is 5.94. The predicted octanol–water partition coefficient (Wildman–Crippen LogP) is 1.03. The van der Waals surface area contributed by atoms with Gasteiger partial charge >= 0.3 is 0 Å². The van der Waals surface area contributed by atoms with Gasteiger partial charge in [-0.25, -0.2) is 9.07 Å². The van der Waals surface area contributed by atoms with Gasteiger partial charge in [0.1, 0.15) is 11.5 Å². The molecule has 0 atom stereocenters. The average Bonchev–Trinajstić information content (AvgIpc) is 2.97. The number of likely N-dealkylation sites (tertiary alicyclic amines) is 1. The van der Waals surface area contributed by atoms with Gasteiger partial charge in [0.25, 0.3) is 5.91 Å². The van der Waals surface area contributed by atoms with Crippen LogP contribution in [0.25, 0.3) is 5.69 Å². The Morgan fingerprint density at radius 2 is 2.00 bits per heavy atom. The molecule has 1 aliphatic heterocycles. The molecule has 4 N–H and O–H groups in total. The van der Waals surface area contributed by atoms with Crippen molar-refractivity contribution < 1.29 is 19.4 Å². The maximum absolute atomic E-state index is 13.9. The Morgan fingerprint density at radius 3 is 2.64 bits per heavy atom. The molecule has 1 aromatic heterocycles. The zero-order valence-electron chi connectivity index (χ0n) is 13.7. The zero-order valence-corrected chi connectivity index (χ0v) is 13.7. The summed E-state index contributed by atoms with van der Waals surface area (Å²) < 4.78 is 15.0. The van der Waals surface area contributed by atoms with E-state index in [1.807, 2.05) is 0 Å². The number of rotatable bonds is 4. The number of aromatic hydroxyl groups is 1. The lowest BCUT2D eigenvalue weighted by Crippen LogP contribution is -2.47. The molecule has 0 saturated carbocycles. The zero-order chi connectivity index (χ0) is 18.0. The third-order valence-corrected chi connectivity index (χ3v) is 4.59. The van der Waals surface area contributed by atoms with E-state index in [0.717, 1.165) is 4.68 Å². The van der Waals surface area contributed by atoms with Crippen LogP contribution in [0, 0.1) is 5.82 Å². The molecule has 1 saturated heterocycles. The first-order valence-electron chi connectivity index (χ1n) is 8.19. The molecule has 1 aliphatic rings. The molecule has 1 amide bonds. The number of benzene rings is 1. The first-order valence-corrected chi connectivity index (χ1v) is 8.19. The highest BCUT2D eigenvalue weighted by atomic mass is 19.1. The molecule has 0 bridgehead atoms. The van der Waals surface area contributed by atoms with Crippen LogP contribution in [0.15, 0.2) is 30.5 Å². The number of aliphatic hydroxyl groups is 1. The first kappa shape index (κ1) is 17.4. The molecular weight excluding hydrogens is 327 g/mol. The van der Waals surface area contributed by atoms with Crippen LogP contribution in [0.1, 0.15) is 29.8 Å². The molecule has 134 valence electrons. The van der Waals surface area contributed by atoms with Crippen molar-refractivity contribution in [2.45, 2.75) is 24.9 Å². The number of hydrogen-bond donors (Lipinski definition) is 3. The van der Waals surface area contributed by atoms with Gasteiger partial charge in [0.05, 0.1) is 11.8 Å². The summed E-state index contributed by atoms with van der Waals surface area (Å²) in [5.41, 5.74) is 4.67. The average molecular weight is 348 g/mol. The summed E-state index contributed by atoms with van der Waals surface area (Å²) >= 11 is 0. The Morgan fingerprint density at radius 1 is 1.32 bits per heavy atom. The van der Waals surface area contributed by atoms with Crippen LogP contribution < -0.4 is 5.73 Å². The third kappa shape index (κ3) is 3.49. The molecule has 3 rings (SSSR count). The highest BCUT2D eigenvalue weighted by Gasteiger charge is 2.34. The number of aromatic nitrogens is 2. The van der Waals surface area contributed by atoms with Crippen molar-refractivity contribution in [1.29, 1.82) is 0 Å². The van der Waals surface area contributed by atoms with Crippen molar-refractivity contribution >= 4 is 5.91 Å². The van der Waals surface area contributed by atoms with Crippen molar-refractivity contribution in [3.8, 4) is 11.4 Å². The van der Waals surface area contributed by atoms with Crippen LogP contribution in [0.4, 0.5) is 4.39 Å². The number of halogens is 1. The summed E-state index contributed by atoms with van der Waals surface area (Å²) in [6, 6.07) is 5.97. The lowest BCUT2D eigenvalue weighted by molar-refractivity contribution is -0.0211. The number of para-hydroxylation sites is 1. The van der Waals surface area contributed by atoms with E-state index in [4.69, 9.17) is 5.73 Å². The van der Waals surface area contributed by atoms with Crippen molar-refractivity contribution in [2.24, 2.45) is 5.73 Å². The van der Waals surface area contributed by atoms with Gasteiger partial charge in [0.15, 0.2) is 11.4 Å². The minimum atomic E-state index is -0.847. The first-order chi connectivity index (χ1) is 11.9. The Bertz CT molecular complexity index is 769. The Balaban J connectivity index is 1.77. The Kier molecular flexibility index (Phi) is 4.73. The van der Waals surface area contributed by atoms with E-state index >= 15 is 0 Å². The number of nitrogens with two attached hydrogens (primary N) is 1. The van der Waals surface area contributed by atoms with Gasteiger partial charge in [-0.2, -0.15) is 5.10 Å². The molecule has 8 heteroatoms. The van der Waals surface area contributed by atoms with Crippen LogP contribution in [-0.4, -0.2) is 56.0 Å². The van der Waals surface area contributed by atoms with Crippen LogP contribution in [-0.2, 0) is 0 Å². The van der Waals surface area contributed by atoms with Crippen LogP contribution in [0.2, 0.25) is 0 Å². The van der Waals surface area contributed by atoms with Gasteiger partial charge in [-0.3, -0.25) is 4.79 Å². The van der Waals surface area contributed by atoms with E-state index in [1.165, 1.54) is 23.2 Å². The van der Waals surface area contributed by atoms with Crippen LogP contribution in [0.5, 0.6) is 5.75 Å². The second-order valence-corrected chi connectivity index (χ2v) is 6.31. The van der Waals surface area contributed by atoms with E-state index in [1.54, 1.807) is 12.1 Å². The normalized spacial score (nSPS) is 16.8. The SMILES string of the molecule is NCCC1(O)CCN(C(=O)c2nn(-c3ccccc3F)cc2O)CC1. The summed E-state index contributed by atoms with van der Waals surface area (Å²) in [6.07, 6.45) is 2.54. The molecule has 2 aromatic rings. The van der Waals surface area contributed by atoms with Crippen LogP contribution >= 0.6 is 0 Å². The third-order valence-electron chi connectivity index (χ3n) is 4.59. The summed E-state index contributed by atoms with van der Waals surface area (Å²) in [5, 5.41) is 24.4. The minimum Gasteiger partial charge on any atom is -0.504 e. The fourth-order valence-electron chi connectivity index (χ4n) is 3.07. The molecule has 0 unspecified atom stereocenters. The van der Waals surface area contributed by atoms with Gasteiger partial charge in [-0.1, -0.05) is 12.1 Å². The van der Waals surface area contributed by atoms with E-state index in [2.05, 4.69) is 5.10 Å². The number of hydrogen-bond acceptors (Lipinski definition) is 5. The minimum absolute atomic E-state index is 0.132. The second kappa shape index (κ2) is 6.81. The molecule has 1 fully saturated rings.